The predicted molar refractivity (Wildman–Crippen MR) is 79.7 cm³/mol. The molecule has 3 rings (SSSR count). The van der Waals surface area contributed by atoms with Gasteiger partial charge in [0, 0.05) is 29.5 Å². The second-order valence-electron chi connectivity index (χ2n) is 4.38. The normalized spacial score (nSPS) is 10.7. The maximum atomic E-state index is 4.09. The molecule has 0 aliphatic rings. The SMILES string of the molecule is Cn1cccc1CNc1ccc(Sc2ncn[nH]2)cc1. The van der Waals surface area contributed by atoms with E-state index in [0.29, 0.717) is 0 Å². The lowest BCUT2D eigenvalue weighted by Gasteiger charge is -2.08. The first kappa shape index (κ1) is 12.8. The molecule has 3 aromatic rings. The van der Waals surface area contributed by atoms with Crippen molar-refractivity contribution in [3.8, 4) is 0 Å². The Morgan fingerprint density at radius 2 is 2.10 bits per heavy atom. The third-order valence-corrected chi connectivity index (χ3v) is 3.88. The number of H-pyrrole nitrogens is 1. The Kier molecular flexibility index (Phi) is 3.73. The van der Waals surface area contributed by atoms with Crippen LogP contribution in [0.4, 0.5) is 5.69 Å². The second-order valence-corrected chi connectivity index (χ2v) is 5.44. The molecule has 0 saturated heterocycles. The second kappa shape index (κ2) is 5.83. The van der Waals surface area contributed by atoms with Crippen molar-refractivity contribution in [2.24, 2.45) is 7.05 Å². The number of nitrogens with zero attached hydrogens (tertiary/aromatic N) is 3. The Labute approximate surface area is 121 Å². The average molecular weight is 285 g/mol. The molecule has 102 valence electrons. The van der Waals surface area contributed by atoms with Gasteiger partial charge in [0.25, 0.3) is 0 Å². The number of hydrogen-bond donors (Lipinski definition) is 2. The number of aryl methyl sites for hydroxylation is 1. The summed E-state index contributed by atoms with van der Waals surface area (Å²) in [5.74, 6) is 0. The standard InChI is InChI=1S/C14H15N5S/c1-19-8-2-3-12(19)9-15-11-4-6-13(7-5-11)20-14-16-10-17-18-14/h2-8,10,15H,9H2,1H3,(H,16,17,18). The van der Waals surface area contributed by atoms with Crippen molar-refractivity contribution >= 4 is 17.4 Å². The fourth-order valence-corrected chi connectivity index (χ4v) is 2.56. The van der Waals surface area contributed by atoms with E-state index < -0.39 is 0 Å². The summed E-state index contributed by atoms with van der Waals surface area (Å²) in [6, 6.07) is 12.4. The molecule has 0 fully saturated rings. The minimum atomic E-state index is 0.800. The molecule has 0 aliphatic carbocycles. The summed E-state index contributed by atoms with van der Waals surface area (Å²) >= 11 is 1.56. The molecule has 2 N–H and O–H groups in total. The maximum Gasteiger partial charge on any atom is 0.188 e. The fraction of sp³-hybridized carbons (Fsp3) is 0.143. The Balaban J connectivity index is 1.60. The third-order valence-electron chi connectivity index (χ3n) is 2.99. The molecule has 0 radical (unpaired) electrons. The Hall–Kier alpha value is -2.21. The first-order valence-electron chi connectivity index (χ1n) is 6.28. The summed E-state index contributed by atoms with van der Waals surface area (Å²) in [5, 5.41) is 10.9. The van der Waals surface area contributed by atoms with E-state index in [0.717, 1.165) is 22.3 Å². The van der Waals surface area contributed by atoms with Gasteiger partial charge in [-0.3, -0.25) is 5.10 Å². The van der Waals surface area contributed by atoms with Crippen molar-refractivity contribution in [1.82, 2.24) is 19.7 Å². The van der Waals surface area contributed by atoms with E-state index in [-0.39, 0.29) is 0 Å². The van der Waals surface area contributed by atoms with Gasteiger partial charge >= 0.3 is 0 Å². The van der Waals surface area contributed by atoms with Crippen molar-refractivity contribution in [3.05, 3.63) is 54.6 Å². The molecule has 0 saturated carbocycles. The molecule has 5 nitrogen and oxygen atoms in total. The van der Waals surface area contributed by atoms with E-state index in [1.807, 2.05) is 19.3 Å². The molecule has 0 unspecified atom stereocenters. The van der Waals surface area contributed by atoms with Gasteiger partial charge in [0.05, 0.1) is 6.54 Å². The molecule has 0 spiro atoms. The average Bonchev–Trinajstić information content (AvgIpc) is 3.10. The van der Waals surface area contributed by atoms with Crippen LogP contribution in [0.1, 0.15) is 5.69 Å². The lowest BCUT2D eigenvalue weighted by molar-refractivity contribution is 0.842. The van der Waals surface area contributed by atoms with Crippen LogP contribution >= 0.6 is 11.8 Å². The zero-order valence-electron chi connectivity index (χ0n) is 11.1. The highest BCUT2D eigenvalue weighted by Gasteiger charge is 2.01. The Morgan fingerprint density at radius 3 is 2.75 bits per heavy atom. The number of nitrogens with one attached hydrogen (secondary N) is 2. The monoisotopic (exact) mass is 285 g/mol. The summed E-state index contributed by atoms with van der Waals surface area (Å²) in [7, 11) is 2.05. The fourth-order valence-electron chi connectivity index (χ4n) is 1.87. The summed E-state index contributed by atoms with van der Waals surface area (Å²) in [5.41, 5.74) is 2.36. The van der Waals surface area contributed by atoms with E-state index >= 15 is 0 Å². The van der Waals surface area contributed by atoms with Crippen molar-refractivity contribution in [3.63, 3.8) is 0 Å². The minimum Gasteiger partial charge on any atom is -0.379 e. The smallest absolute Gasteiger partial charge is 0.188 e. The van der Waals surface area contributed by atoms with Crippen molar-refractivity contribution < 1.29 is 0 Å². The van der Waals surface area contributed by atoms with Gasteiger partial charge in [-0.05, 0) is 36.4 Å². The molecule has 6 heteroatoms. The first-order chi connectivity index (χ1) is 9.81. The van der Waals surface area contributed by atoms with Gasteiger partial charge in [0.1, 0.15) is 6.33 Å². The lowest BCUT2D eigenvalue weighted by Crippen LogP contribution is -2.03. The van der Waals surface area contributed by atoms with Gasteiger partial charge < -0.3 is 9.88 Å². The molecular weight excluding hydrogens is 270 g/mol. The summed E-state index contributed by atoms with van der Waals surface area (Å²) in [4.78, 5) is 5.22. The van der Waals surface area contributed by atoms with Crippen LogP contribution in [0.25, 0.3) is 0 Å². The predicted octanol–water partition coefficient (Wildman–Crippen LogP) is 2.91. The van der Waals surface area contributed by atoms with Crippen molar-refractivity contribution in [1.29, 1.82) is 0 Å². The number of anilines is 1. The van der Waals surface area contributed by atoms with Crippen molar-refractivity contribution in [2.45, 2.75) is 16.6 Å². The molecule has 20 heavy (non-hydrogen) atoms. The van der Waals surface area contributed by atoms with E-state index in [1.54, 1.807) is 11.8 Å². The first-order valence-corrected chi connectivity index (χ1v) is 7.10. The van der Waals surface area contributed by atoms with Gasteiger partial charge in [0.15, 0.2) is 5.16 Å². The van der Waals surface area contributed by atoms with Crippen LogP contribution < -0.4 is 5.32 Å². The van der Waals surface area contributed by atoms with Crippen LogP contribution in [-0.2, 0) is 13.6 Å². The zero-order chi connectivity index (χ0) is 13.8. The lowest BCUT2D eigenvalue weighted by atomic mass is 10.3. The molecule has 2 heterocycles. The van der Waals surface area contributed by atoms with Crippen molar-refractivity contribution in [2.75, 3.05) is 5.32 Å². The highest BCUT2D eigenvalue weighted by atomic mass is 32.2. The zero-order valence-corrected chi connectivity index (χ0v) is 11.9. The number of benzene rings is 1. The highest BCUT2D eigenvalue weighted by molar-refractivity contribution is 7.99. The van der Waals surface area contributed by atoms with Gasteiger partial charge in [-0.15, -0.1) is 0 Å². The molecule has 0 amide bonds. The summed E-state index contributed by atoms with van der Waals surface area (Å²) in [6.07, 6.45) is 3.56. The molecular formula is C14H15N5S. The van der Waals surface area contributed by atoms with Crippen LogP contribution in [0.5, 0.6) is 0 Å². The number of hydrogen-bond acceptors (Lipinski definition) is 4. The largest absolute Gasteiger partial charge is 0.379 e. The van der Waals surface area contributed by atoms with Gasteiger partial charge in [0.2, 0.25) is 0 Å². The van der Waals surface area contributed by atoms with Gasteiger partial charge in [-0.25, -0.2) is 4.98 Å². The molecule has 0 atom stereocenters. The van der Waals surface area contributed by atoms with Crippen LogP contribution in [-0.4, -0.2) is 19.7 Å². The van der Waals surface area contributed by atoms with E-state index in [2.05, 4.69) is 55.4 Å². The third kappa shape index (κ3) is 3.03. The van der Waals surface area contributed by atoms with Crippen LogP contribution in [0.15, 0.2) is 59.0 Å². The number of rotatable bonds is 5. The van der Waals surface area contributed by atoms with E-state index in [1.165, 1.54) is 12.0 Å². The van der Waals surface area contributed by atoms with E-state index in [9.17, 15) is 0 Å². The van der Waals surface area contributed by atoms with Crippen LogP contribution in [0.3, 0.4) is 0 Å². The van der Waals surface area contributed by atoms with Gasteiger partial charge in [-0.1, -0.05) is 11.8 Å². The van der Waals surface area contributed by atoms with Gasteiger partial charge in [-0.2, -0.15) is 5.10 Å². The Morgan fingerprint density at radius 1 is 1.25 bits per heavy atom. The quantitative estimate of drug-likeness (QED) is 0.757. The Bertz CT molecular complexity index is 657. The number of aromatic nitrogens is 4. The minimum absolute atomic E-state index is 0.800. The molecule has 1 aromatic carbocycles. The number of aromatic amines is 1. The summed E-state index contributed by atoms with van der Waals surface area (Å²) in [6.45, 7) is 0.818. The summed E-state index contributed by atoms with van der Waals surface area (Å²) < 4.78 is 2.11. The van der Waals surface area contributed by atoms with Crippen LogP contribution in [0.2, 0.25) is 0 Å². The molecule has 0 aliphatic heterocycles. The maximum absolute atomic E-state index is 4.09. The molecule has 0 bridgehead atoms. The topological polar surface area (TPSA) is 58.5 Å². The van der Waals surface area contributed by atoms with E-state index in [4.69, 9.17) is 0 Å². The van der Waals surface area contributed by atoms with Crippen LogP contribution in [0, 0.1) is 0 Å². The highest BCUT2D eigenvalue weighted by Crippen LogP contribution is 2.25. The molecule has 2 aromatic heterocycles.